The van der Waals surface area contributed by atoms with Gasteiger partial charge in [-0.15, -0.1) is 0 Å². The molecule has 0 spiro atoms. The van der Waals surface area contributed by atoms with E-state index in [-0.39, 0.29) is 11.6 Å². The third-order valence-corrected chi connectivity index (χ3v) is 3.81. The van der Waals surface area contributed by atoms with Crippen molar-refractivity contribution in [3.05, 3.63) is 24.0 Å². The molecule has 1 aromatic rings. The van der Waals surface area contributed by atoms with E-state index in [2.05, 4.69) is 31.1 Å². The number of rotatable bonds is 5. The lowest BCUT2D eigenvalue weighted by molar-refractivity contribution is 0.0208. The summed E-state index contributed by atoms with van der Waals surface area (Å²) in [6.45, 7) is 7.23. The molecule has 2 atom stereocenters. The first-order valence-corrected chi connectivity index (χ1v) is 7.86. The summed E-state index contributed by atoms with van der Waals surface area (Å²) in [4.78, 5) is 4.47. The minimum atomic E-state index is 0.105. The van der Waals surface area contributed by atoms with Gasteiger partial charge in [-0.3, -0.25) is 4.98 Å². The summed E-state index contributed by atoms with van der Waals surface area (Å²) in [5.74, 6) is 0.858. The van der Waals surface area contributed by atoms with E-state index in [0.29, 0.717) is 6.10 Å². The second-order valence-corrected chi connectivity index (χ2v) is 6.85. The molecule has 0 bridgehead atoms. The van der Waals surface area contributed by atoms with Crippen molar-refractivity contribution >= 4 is 0 Å². The number of pyridine rings is 1. The highest BCUT2D eigenvalue weighted by Crippen LogP contribution is 2.25. The molecule has 4 heteroatoms. The van der Waals surface area contributed by atoms with E-state index in [1.165, 1.54) is 6.42 Å². The Morgan fingerprint density at radius 2 is 2.00 bits per heavy atom. The van der Waals surface area contributed by atoms with E-state index in [9.17, 15) is 0 Å². The standard InChI is InChI=1S/C17H28N2O2/c1-17(2,3)19-11-13-8-9-16(12-18-13)21-15-7-5-6-14(10-15)20-4/h8-9,12,14-15,19H,5-7,10-11H2,1-4H3. The van der Waals surface area contributed by atoms with E-state index in [4.69, 9.17) is 9.47 Å². The van der Waals surface area contributed by atoms with E-state index in [0.717, 1.165) is 37.3 Å². The molecule has 1 aliphatic carbocycles. The van der Waals surface area contributed by atoms with Crippen LogP contribution >= 0.6 is 0 Å². The Kier molecular flexibility index (Phi) is 5.59. The number of nitrogens with one attached hydrogen (secondary N) is 1. The Bertz CT molecular complexity index is 425. The molecule has 2 unspecified atom stereocenters. The third-order valence-electron chi connectivity index (χ3n) is 3.81. The largest absolute Gasteiger partial charge is 0.489 e. The normalized spacial score (nSPS) is 23.0. The molecule has 4 nitrogen and oxygen atoms in total. The molecule has 118 valence electrons. The first-order chi connectivity index (χ1) is 9.96. The van der Waals surface area contributed by atoms with Crippen LogP contribution in [0.25, 0.3) is 0 Å². The summed E-state index contributed by atoms with van der Waals surface area (Å²) in [5, 5.41) is 3.43. The van der Waals surface area contributed by atoms with Gasteiger partial charge in [0.15, 0.2) is 0 Å². The first-order valence-electron chi connectivity index (χ1n) is 7.86. The van der Waals surface area contributed by atoms with Crippen LogP contribution in [0.5, 0.6) is 5.75 Å². The van der Waals surface area contributed by atoms with Crippen LogP contribution in [0.2, 0.25) is 0 Å². The highest BCUT2D eigenvalue weighted by Gasteiger charge is 2.23. The third kappa shape index (κ3) is 5.64. The van der Waals surface area contributed by atoms with Gasteiger partial charge in [-0.1, -0.05) is 0 Å². The van der Waals surface area contributed by atoms with Crippen LogP contribution in [0.1, 0.15) is 52.1 Å². The smallest absolute Gasteiger partial charge is 0.138 e. The maximum atomic E-state index is 6.02. The van der Waals surface area contributed by atoms with Gasteiger partial charge >= 0.3 is 0 Å². The predicted molar refractivity (Wildman–Crippen MR) is 84.5 cm³/mol. The molecule has 0 radical (unpaired) electrons. The fourth-order valence-electron chi connectivity index (χ4n) is 2.56. The molecular formula is C17H28N2O2. The van der Waals surface area contributed by atoms with Crippen molar-refractivity contribution in [2.45, 2.75) is 70.7 Å². The number of nitrogens with zero attached hydrogens (tertiary/aromatic N) is 1. The van der Waals surface area contributed by atoms with Gasteiger partial charge in [0.05, 0.1) is 18.0 Å². The molecule has 0 aliphatic heterocycles. The van der Waals surface area contributed by atoms with Gasteiger partial charge < -0.3 is 14.8 Å². The number of aromatic nitrogens is 1. The van der Waals surface area contributed by atoms with Crippen molar-refractivity contribution in [3.63, 3.8) is 0 Å². The van der Waals surface area contributed by atoms with Crippen LogP contribution in [-0.2, 0) is 11.3 Å². The van der Waals surface area contributed by atoms with Crippen LogP contribution in [0.3, 0.4) is 0 Å². The Balaban J connectivity index is 1.84. The maximum Gasteiger partial charge on any atom is 0.138 e. The minimum absolute atomic E-state index is 0.105. The zero-order valence-electron chi connectivity index (χ0n) is 13.7. The average molecular weight is 292 g/mol. The molecule has 2 rings (SSSR count). The second-order valence-electron chi connectivity index (χ2n) is 6.85. The van der Waals surface area contributed by atoms with Gasteiger partial charge in [0.2, 0.25) is 0 Å². The van der Waals surface area contributed by atoms with Gasteiger partial charge in [0.1, 0.15) is 11.9 Å². The average Bonchev–Trinajstić information content (AvgIpc) is 2.46. The van der Waals surface area contributed by atoms with E-state index in [1.54, 1.807) is 7.11 Å². The molecule has 1 heterocycles. The van der Waals surface area contributed by atoms with Crippen LogP contribution in [0, 0.1) is 0 Å². The summed E-state index contributed by atoms with van der Waals surface area (Å²) in [6, 6.07) is 4.05. The van der Waals surface area contributed by atoms with Crippen molar-refractivity contribution in [1.29, 1.82) is 0 Å². The zero-order valence-corrected chi connectivity index (χ0v) is 13.7. The van der Waals surface area contributed by atoms with Crippen LogP contribution in [-0.4, -0.2) is 29.8 Å². The molecule has 1 aliphatic rings. The molecule has 1 N–H and O–H groups in total. The molecular weight excluding hydrogens is 264 g/mol. The predicted octanol–water partition coefficient (Wildman–Crippen LogP) is 3.31. The van der Waals surface area contributed by atoms with Crippen molar-refractivity contribution in [2.24, 2.45) is 0 Å². The van der Waals surface area contributed by atoms with Gasteiger partial charge in [0, 0.05) is 25.6 Å². The maximum absolute atomic E-state index is 6.02. The van der Waals surface area contributed by atoms with Crippen molar-refractivity contribution in [2.75, 3.05) is 7.11 Å². The van der Waals surface area contributed by atoms with Gasteiger partial charge in [-0.25, -0.2) is 0 Å². The van der Waals surface area contributed by atoms with E-state index in [1.807, 2.05) is 18.3 Å². The molecule has 0 aromatic carbocycles. The lowest BCUT2D eigenvalue weighted by Gasteiger charge is -2.28. The molecule has 0 amide bonds. The molecule has 1 aromatic heterocycles. The Morgan fingerprint density at radius 1 is 1.24 bits per heavy atom. The lowest BCUT2D eigenvalue weighted by Crippen LogP contribution is -2.35. The highest BCUT2D eigenvalue weighted by atomic mass is 16.5. The molecule has 1 saturated carbocycles. The van der Waals surface area contributed by atoms with Gasteiger partial charge in [-0.05, 0) is 52.2 Å². The van der Waals surface area contributed by atoms with Gasteiger partial charge in [0.25, 0.3) is 0 Å². The summed E-state index contributed by atoms with van der Waals surface area (Å²) < 4.78 is 11.5. The Hall–Kier alpha value is -1.13. The monoisotopic (exact) mass is 292 g/mol. The summed E-state index contributed by atoms with van der Waals surface area (Å²) in [5.41, 5.74) is 1.14. The fraction of sp³-hybridized carbons (Fsp3) is 0.706. The number of hydrogen-bond acceptors (Lipinski definition) is 4. The van der Waals surface area contributed by atoms with E-state index >= 15 is 0 Å². The zero-order chi connectivity index (χ0) is 15.3. The second kappa shape index (κ2) is 7.23. The van der Waals surface area contributed by atoms with Crippen LogP contribution < -0.4 is 10.1 Å². The summed E-state index contributed by atoms with van der Waals surface area (Å²) in [6.07, 6.45) is 6.82. The Morgan fingerprint density at radius 3 is 2.62 bits per heavy atom. The van der Waals surface area contributed by atoms with E-state index < -0.39 is 0 Å². The lowest BCUT2D eigenvalue weighted by atomic mass is 9.95. The molecule has 21 heavy (non-hydrogen) atoms. The number of hydrogen-bond donors (Lipinski definition) is 1. The fourth-order valence-corrected chi connectivity index (χ4v) is 2.56. The quantitative estimate of drug-likeness (QED) is 0.904. The van der Waals surface area contributed by atoms with Crippen molar-refractivity contribution in [1.82, 2.24) is 10.3 Å². The Labute approximate surface area is 128 Å². The molecule has 0 saturated heterocycles. The van der Waals surface area contributed by atoms with Crippen molar-refractivity contribution < 1.29 is 9.47 Å². The number of ether oxygens (including phenoxy) is 2. The minimum Gasteiger partial charge on any atom is -0.489 e. The highest BCUT2D eigenvalue weighted by molar-refractivity contribution is 5.20. The van der Waals surface area contributed by atoms with Crippen LogP contribution in [0.4, 0.5) is 0 Å². The SMILES string of the molecule is COC1CCCC(Oc2ccc(CNC(C)(C)C)nc2)C1. The van der Waals surface area contributed by atoms with Gasteiger partial charge in [-0.2, -0.15) is 0 Å². The topological polar surface area (TPSA) is 43.4 Å². The number of methoxy groups -OCH3 is 1. The summed E-state index contributed by atoms with van der Waals surface area (Å²) >= 11 is 0. The molecule has 1 fully saturated rings. The summed E-state index contributed by atoms with van der Waals surface area (Å²) in [7, 11) is 1.78. The first kappa shape index (κ1) is 16.2. The van der Waals surface area contributed by atoms with Crippen molar-refractivity contribution in [3.8, 4) is 5.75 Å². The van der Waals surface area contributed by atoms with Crippen LogP contribution in [0.15, 0.2) is 18.3 Å².